The van der Waals surface area contributed by atoms with Crippen LogP contribution in [0.3, 0.4) is 0 Å². The van der Waals surface area contributed by atoms with Crippen molar-refractivity contribution in [2.24, 2.45) is 5.92 Å². The number of rotatable bonds is 0. The van der Waals surface area contributed by atoms with E-state index in [1.807, 2.05) is 0 Å². The van der Waals surface area contributed by atoms with E-state index in [1.54, 1.807) is 0 Å². The lowest BCUT2D eigenvalue weighted by Gasteiger charge is -2.15. The van der Waals surface area contributed by atoms with Gasteiger partial charge in [-0.1, -0.05) is 51.9 Å². The van der Waals surface area contributed by atoms with Crippen LogP contribution >= 0.6 is 0 Å². The summed E-state index contributed by atoms with van der Waals surface area (Å²) in [6.07, 6.45) is 12.8. The minimum absolute atomic E-state index is 0.196. The van der Waals surface area contributed by atoms with Crippen molar-refractivity contribution < 1.29 is 19.8 Å². The van der Waals surface area contributed by atoms with Gasteiger partial charge in [0.25, 0.3) is 6.47 Å². The Kier molecular flexibility index (Phi) is 13.5. The number of ketones is 1. The van der Waals surface area contributed by atoms with E-state index in [1.165, 1.54) is 38.5 Å². The molecule has 1 fully saturated rings. The van der Waals surface area contributed by atoms with Crippen molar-refractivity contribution in [3.8, 4) is 0 Å². The summed E-state index contributed by atoms with van der Waals surface area (Å²) in [5.41, 5.74) is 0. The number of hydrogen-bond acceptors (Lipinski definition) is 3. The second-order valence-corrected chi connectivity index (χ2v) is 6.21. The molecule has 1 saturated carbocycles. The number of aliphatic hydroxyl groups excluding tert-OH is 1. The lowest BCUT2D eigenvalue weighted by Crippen LogP contribution is -2.14. The van der Waals surface area contributed by atoms with Crippen molar-refractivity contribution in [2.45, 2.75) is 90.1 Å². The van der Waals surface area contributed by atoms with Gasteiger partial charge < -0.3 is 10.2 Å². The maximum atomic E-state index is 11.8. The Hall–Kier alpha value is -0.900. The Morgan fingerprint density at radius 3 is 2.05 bits per heavy atom. The first-order valence-electron chi connectivity index (χ1n) is 8.37. The third-order valence-corrected chi connectivity index (χ3v) is 3.99. The maximum absolute atomic E-state index is 11.8. The van der Waals surface area contributed by atoms with E-state index < -0.39 is 0 Å². The SMILES string of the molecule is CC1CC(=O)CCCCCCCCCCC(O)C1.O=CO. The summed E-state index contributed by atoms with van der Waals surface area (Å²) in [5, 5.41) is 16.8. The lowest BCUT2D eigenvalue weighted by atomic mass is 9.94. The van der Waals surface area contributed by atoms with Gasteiger partial charge in [0.2, 0.25) is 0 Å². The van der Waals surface area contributed by atoms with E-state index >= 15 is 0 Å². The summed E-state index contributed by atoms with van der Waals surface area (Å²) in [4.78, 5) is 20.1. The van der Waals surface area contributed by atoms with Gasteiger partial charge in [-0.25, -0.2) is 0 Å². The van der Waals surface area contributed by atoms with Gasteiger partial charge in [-0.3, -0.25) is 9.59 Å². The molecular formula is C17H32O4. The number of carbonyl (C=O) groups is 2. The zero-order valence-corrected chi connectivity index (χ0v) is 13.4. The number of hydrogen-bond donors (Lipinski definition) is 2. The molecule has 0 saturated heterocycles. The summed E-state index contributed by atoms with van der Waals surface area (Å²) in [7, 11) is 0. The van der Waals surface area contributed by atoms with Crippen LogP contribution in [0.25, 0.3) is 0 Å². The predicted molar refractivity (Wildman–Crippen MR) is 84.3 cm³/mol. The van der Waals surface area contributed by atoms with Gasteiger partial charge in [-0.15, -0.1) is 0 Å². The molecule has 0 bridgehead atoms. The minimum Gasteiger partial charge on any atom is -0.483 e. The maximum Gasteiger partial charge on any atom is 0.290 e. The minimum atomic E-state index is -0.250. The van der Waals surface area contributed by atoms with Crippen LogP contribution in [-0.2, 0) is 9.59 Å². The van der Waals surface area contributed by atoms with Crippen molar-refractivity contribution in [3.63, 3.8) is 0 Å². The Morgan fingerprint density at radius 1 is 1.00 bits per heavy atom. The van der Waals surface area contributed by atoms with Gasteiger partial charge in [0.15, 0.2) is 0 Å². The van der Waals surface area contributed by atoms with E-state index in [0.717, 1.165) is 32.1 Å². The lowest BCUT2D eigenvalue weighted by molar-refractivity contribution is -0.123. The van der Waals surface area contributed by atoms with E-state index in [-0.39, 0.29) is 12.6 Å². The largest absolute Gasteiger partial charge is 0.483 e. The van der Waals surface area contributed by atoms with E-state index in [9.17, 15) is 9.90 Å². The monoisotopic (exact) mass is 300 g/mol. The molecule has 0 aliphatic heterocycles. The highest BCUT2D eigenvalue weighted by molar-refractivity contribution is 5.78. The zero-order valence-electron chi connectivity index (χ0n) is 13.4. The Bertz CT molecular complexity index is 266. The molecule has 2 N–H and O–H groups in total. The van der Waals surface area contributed by atoms with Crippen molar-refractivity contribution in [3.05, 3.63) is 0 Å². The Morgan fingerprint density at radius 2 is 1.48 bits per heavy atom. The van der Waals surface area contributed by atoms with Crippen LogP contribution in [-0.4, -0.2) is 28.6 Å². The van der Waals surface area contributed by atoms with Crippen LogP contribution in [0.5, 0.6) is 0 Å². The summed E-state index contributed by atoms with van der Waals surface area (Å²) in [6.45, 7) is 1.85. The first-order valence-corrected chi connectivity index (χ1v) is 8.37. The zero-order chi connectivity index (χ0) is 15.9. The second kappa shape index (κ2) is 14.1. The number of aliphatic hydroxyl groups is 1. The summed E-state index contributed by atoms with van der Waals surface area (Å²) in [5.74, 6) is 0.738. The van der Waals surface area contributed by atoms with Gasteiger partial charge in [0.1, 0.15) is 5.78 Å². The highest BCUT2D eigenvalue weighted by atomic mass is 16.3. The van der Waals surface area contributed by atoms with Crippen LogP contribution in [0, 0.1) is 5.92 Å². The highest BCUT2D eigenvalue weighted by Crippen LogP contribution is 2.19. The van der Waals surface area contributed by atoms with Crippen LogP contribution in [0.1, 0.15) is 84.0 Å². The standard InChI is InChI=1S/C16H30O2.CH2O2/c1-14-12-15(17)10-8-6-4-2-3-5-7-9-11-16(18)13-14;2-1-3/h14-15,17H,2-13H2,1H3;1H,(H,2,3). The molecule has 1 rings (SSSR count). The molecule has 0 heterocycles. The van der Waals surface area contributed by atoms with Gasteiger partial charge in [0.05, 0.1) is 6.10 Å². The van der Waals surface area contributed by atoms with Gasteiger partial charge in [-0.2, -0.15) is 0 Å². The third kappa shape index (κ3) is 13.8. The molecule has 124 valence electrons. The van der Waals surface area contributed by atoms with Gasteiger partial charge >= 0.3 is 0 Å². The van der Waals surface area contributed by atoms with E-state index in [4.69, 9.17) is 9.90 Å². The average molecular weight is 300 g/mol. The molecule has 1 aliphatic carbocycles. The predicted octanol–water partition coefficient (Wildman–Crippen LogP) is 3.95. The quantitative estimate of drug-likeness (QED) is 0.664. The molecule has 0 spiro atoms. The molecule has 1 aliphatic rings. The number of carbonyl (C=O) groups excluding carboxylic acids is 1. The highest BCUT2D eigenvalue weighted by Gasteiger charge is 2.14. The van der Waals surface area contributed by atoms with Crippen LogP contribution in [0.4, 0.5) is 0 Å². The number of carboxylic acid groups (broad SMARTS) is 1. The van der Waals surface area contributed by atoms with Gasteiger partial charge in [-0.05, 0) is 25.2 Å². The molecule has 0 aromatic rings. The van der Waals surface area contributed by atoms with Crippen molar-refractivity contribution in [1.82, 2.24) is 0 Å². The Balaban J connectivity index is 0.00000122. The topological polar surface area (TPSA) is 74.6 Å². The Labute approximate surface area is 128 Å². The van der Waals surface area contributed by atoms with Crippen LogP contribution < -0.4 is 0 Å². The molecule has 0 radical (unpaired) electrons. The van der Waals surface area contributed by atoms with Crippen molar-refractivity contribution >= 4 is 12.3 Å². The molecule has 4 nitrogen and oxygen atoms in total. The average Bonchev–Trinajstić information content (AvgIpc) is 2.41. The summed E-state index contributed by atoms with van der Waals surface area (Å²) >= 11 is 0. The van der Waals surface area contributed by atoms with Gasteiger partial charge in [0, 0.05) is 12.8 Å². The molecule has 2 atom stereocenters. The van der Waals surface area contributed by atoms with Crippen molar-refractivity contribution in [1.29, 1.82) is 0 Å². The fraction of sp³-hybridized carbons (Fsp3) is 0.882. The third-order valence-electron chi connectivity index (χ3n) is 3.99. The molecular weight excluding hydrogens is 268 g/mol. The fourth-order valence-electron chi connectivity index (χ4n) is 2.92. The first-order chi connectivity index (χ1) is 10.1. The molecule has 21 heavy (non-hydrogen) atoms. The van der Waals surface area contributed by atoms with Crippen molar-refractivity contribution in [2.75, 3.05) is 0 Å². The second-order valence-electron chi connectivity index (χ2n) is 6.21. The smallest absolute Gasteiger partial charge is 0.290 e. The summed E-state index contributed by atoms with van der Waals surface area (Å²) in [6, 6.07) is 0. The first kappa shape index (κ1) is 20.1. The van der Waals surface area contributed by atoms with E-state index in [2.05, 4.69) is 6.92 Å². The normalized spacial score (nSPS) is 26.7. The van der Waals surface area contributed by atoms with Crippen LogP contribution in [0.15, 0.2) is 0 Å². The fourth-order valence-corrected chi connectivity index (χ4v) is 2.92. The van der Waals surface area contributed by atoms with E-state index in [0.29, 0.717) is 18.1 Å². The number of Topliss-reactive ketones (excluding diaryl/α,β-unsaturated/α-hetero) is 1. The molecule has 2 unspecified atom stereocenters. The summed E-state index contributed by atoms with van der Waals surface area (Å²) < 4.78 is 0. The molecule has 4 heteroatoms. The molecule has 0 aromatic carbocycles. The molecule has 0 aromatic heterocycles. The van der Waals surface area contributed by atoms with Crippen LogP contribution in [0.2, 0.25) is 0 Å². The molecule has 0 amide bonds.